The second kappa shape index (κ2) is 6.37. The van der Waals surface area contributed by atoms with Crippen LogP contribution in [0.1, 0.15) is 21.7 Å². The summed E-state index contributed by atoms with van der Waals surface area (Å²) < 4.78 is 35.7. The van der Waals surface area contributed by atoms with E-state index >= 15 is 0 Å². The topological polar surface area (TPSA) is 66.4 Å². The van der Waals surface area contributed by atoms with Gasteiger partial charge < -0.3 is 10.4 Å². The van der Waals surface area contributed by atoms with E-state index in [-0.39, 0.29) is 4.88 Å². The lowest BCUT2D eigenvalue weighted by Crippen LogP contribution is -2.27. The van der Waals surface area contributed by atoms with Crippen molar-refractivity contribution in [1.82, 2.24) is 5.32 Å². The quantitative estimate of drug-likeness (QED) is 0.820. The summed E-state index contributed by atoms with van der Waals surface area (Å²) in [5, 5.41) is 12.2. The van der Waals surface area contributed by atoms with Gasteiger partial charge >= 0.3 is 12.1 Å². The Morgan fingerprint density at radius 1 is 1.42 bits per heavy atom. The highest BCUT2D eigenvalue weighted by Crippen LogP contribution is 2.20. The number of carboxylic acid groups (broad SMARTS) is 1. The fourth-order valence-corrected chi connectivity index (χ4v) is 2.00. The molecule has 4 nitrogen and oxygen atoms in total. The summed E-state index contributed by atoms with van der Waals surface area (Å²) in [7, 11) is 0. The van der Waals surface area contributed by atoms with Crippen molar-refractivity contribution in [3.05, 3.63) is 28.0 Å². The van der Waals surface area contributed by atoms with E-state index in [0.29, 0.717) is 5.56 Å². The summed E-state index contributed by atoms with van der Waals surface area (Å²) >= 11 is 1.03. The Hall–Kier alpha value is -1.83. The molecular formula is C11H10F3NO3S. The fraction of sp³-hybridized carbons (Fsp3) is 0.273. The number of carboxylic acids is 1. The first-order chi connectivity index (χ1) is 8.79. The molecule has 2 N–H and O–H groups in total. The molecule has 1 aromatic rings. The number of rotatable bonds is 5. The van der Waals surface area contributed by atoms with Gasteiger partial charge in [-0.05, 0) is 23.1 Å². The van der Waals surface area contributed by atoms with E-state index < -0.39 is 31.0 Å². The lowest BCUT2D eigenvalue weighted by Gasteiger charge is -2.07. The summed E-state index contributed by atoms with van der Waals surface area (Å²) in [6, 6.07) is 1.52. The van der Waals surface area contributed by atoms with E-state index in [4.69, 9.17) is 5.11 Å². The largest absolute Gasteiger partial charge is 0.478 e. The average molecular weight is 293 g/mol. The minimum atomic E-state index is -4.32. The predicted octanol–water partition coefficient (Wildman–Crippen LogP) is 2.53. The molecule has 0 aliphatic rings. The minimum absolute atomic E-state index is 0.180. The Morgan fingerprint density at radius 2 is 2.11 bits per heavy atom. The molecule has 0 saturated carbocycles. The van der Waals surface area contributed by atoms with Crippen molar-refractivity contribution in [2.45, 2.75) is 12.6 Å². The zero-order chi connectivity index (χ0) is 14.5. The SMILES string of the molecule is O=C(O)/C=C/c1ccsc1C(=O)NCCC(F)(F)F. The van der Waals surface area contributed by atoms with Crippen molar-refractivity contribution in [2.75, 3.05) is 6.54 Å². The van der Waals surface area contributed by atoms with Crippen LogP contribution in [-0.2, 0) is 4.79 Å². The molecule has 1 amide bonds. The van der Waals surface area contributed by atoms with Crippen LogP contribution in [0.15, 0.2) is 17.5 Å². The van der Waals surface area contributed by atoms with Crippen molar-refractivity contribution in [2.24, 2.45) is 0 Å². The van der Waals surface area contributed by atoms with Gasteiger partial charge in [-0.3, -0.25) is 4.79 Å². The third-order valence-corrected chi connectivity index (χ3v) is 2.93. The molecule has 104 valence electrons. The van der Waals surface area contributed by atoms with Crippen LogP contribution in [-0.4, -0.2) is 29.7 Å². The average Bonchev–Trinajstić information content (AvgIpc) is 2.72. The number of amides is 1. The Kier molecular flexibility index (Phi) is 5.11. The molecule has 0 spiro atoms. The van der Waals surface area contributed by atoms with Gasteiger partial charge in [-0.15, -0.1) is 11.3 Å². The van der Waals surface area contributed by atoms with Gasteiger partial charge in [-0.1, -0.05) is 0 Å². The van der Waals surface area contributed by atoms with Crippen LogP contribution in [0.5, 0.6) is 0 Å². The highest BCUT2D eigenvalue weighted by atomic mass is 32.1. The molecule has 0 aliphatic carbocycles. The highest BCUT2D eigenvalue weighted by Gasteiger charge is 2.26. The molecule has 0 aliphatic heterocycles. The van der Waals surface area contributed by atoms with Gasteiger partial charge in [0.25, 0.3) is 5.91 Å². The van der Waals surface area contributed by atoms with Gasteiger partial charge in [0.15, 0.2) is 0 Å². The van der Waals surface area contributed by atoms with Crippen molar-refractivity contribution in [3.8, 4) is 0 Å². The van der Waals surface area contributed by atoms with Gasteiger partial charge in [-0.25, -0.2) is 4.79 Å². The van der Waals surface area contributed by atoms with E-state index in [1.54, 1.807) is 5.38 Å². The number of carbonyl (C=O) groups is 2. The molecule has 0 atom stereocenters. The number of hydrogen-bond donors (Lipinski definition) is 2. The van der Waals surface area contributed by atoms with Gasteiger partial charge in [0.1, 0.15) is 0 Å². The van der Waals surface area contributed by atoms with E-state index in [0.717, 1.165) is 17.4 Å². The molecule has 0 bridgehead atoms. The third kappa shape index (κ3) is 5.56. The summed E-state index contributed by atoms with van der Waals surface area (Å²) in [4.78, 5) is 22.1. The van der Waals surface area contributed by atoms with E-state index in [1.165, 1.54) is 12.1 Å². The van der Waals surface area contributed by atoms with Crippen LogP contribution >= 0.6 is 11.3 Å². The summed E-state index contributed by atoms with van der Waals surface area (Å²) in [5.74, 6) is -1.82. The molecule has 0 aromatic carbocycles. The second-order valence-corrected chi connectivity index (χ2v) is 4.41. The third-order valence-electron chi connectivity index (χ3n) is 2.00. The van der Waals surface area contributed by atoms with Crippen molar-refractivity contribution in [1.29, 1.82) is 0 Å². The first-order valence-corrected chi connectivity index (χ1v) is 6.01. The molecule has 1 heterocycles. The van der Waals surface area contributed by atoms with Crippen LogP contribution in [0.25, 0.3) is 6.08 Å². The second-order valence-electron chi connectivity index (χ2n) is 3.50. The number of aliphatic carboxylic acids is 1. The number of halogens is 3. The van der Waals surface area contributed by atoms with Crippen LogP contribution < -0.4 is 5.32 Å². The van der Waals surface area contributed by atoms with Crippen molar-refractivity contribution in [3.63, 3.8) is 0 Å². The first-order valence-electron chi connectivity index (χ1n) is 5.13. The molecule has 0 unspecified atom stereocenters. The predicted molar refractivity (Wildman–Crippen MR) is 64.0 cm³/mol. The lowest BCUT2D eigenvalue weighted by molar-refractivity contribution is -0.133. The molecule has 0 saturated heterocycles. The lowest BCUT2D eigenvalue weighted by atomic mass is 10.2. The van der Waals surface area contributed by atoms with Crippen LogP contribution in [0.2, 0.25) is 0 Å². The maximum absolute atomic E-state index is 11.9. The number of hydrogen-bond acceptors (Lipinski definition) is 3. The normalized spacial score (nSPS) is 11.7. The number of alkyl halides is 3. The van der Waals surface area contributed by atoms with Crippen LogP contribution in [0, 0.1) is 0 Å². The van der Waals surface area contributed by atoms with Gasteiger partial charge in [0.2, 0.25) is 0 Å². The zero-order valence-electron chi connectivity index (χ0n) is 9.53. The standard InChI is InChI=1S/C11H10F3NO3S/c12-11(13,14)4-5-15-10(18)9-7(3-6-19-9)1-2-8(16)17/h1-3,6H,4-5H2,(H,15,18)(H,16,17)/b2-1+. The Labute approximate surface area is 110 Å². The van der Waals surface area contributed by atoms with Crippen LogP contribution in [0.4, 0.5) is 13.2 Å². The fourth-order valence-electron chi connectivity index (χ4n) is 1.19. The van der Waals surface area contributed by atoms with Gasteiger partial charge in [0.05, 0.1) is 11.3 Å². The molecule has 0 fully saturated rings. The highest BCUT2D eigenvalue weighted by molar-refractivity contribution is 7.12. The molecule has 1 aromatic heterocycles. The van der Waals surface area contributed by atoms with Crippen molar-refractivity contribution >= 4 is 29.3 Å². The molecular weight excluding hydrogens is 283 g/mol. The van der Waals surface area contributed by atoms with Gasteiger partial charge in [0, 0.05) is 12.6 Å². The molecule has 1 rings (SSSR count). The molecule has 8 heteroatoms. The maximum atomic E-state index is 11.9. The molecule has 0 radical (unpaired) electrons. The van der Waals surface area contributed by atoms with E-state index in [9.17, 15) is 22.8 Å². The Balaban J connectivity index is 2.63. The summed E-state index contributed by atoms with van der Waals surface area (Å²) in [6.07, 6.45) is -3.36. The van der Waals surface area contributed by atoms with Crippen molar-refractivity contribution < 1.29 is 27.9 Å². The minimum Gasteiger partial charge on any atom is -0.478 e. The summed E-state index contributed by atoms with van der Waals surface area (Å²) in [5.41, 5.74) is 0.358. The van der Waals surface area contributed by atoms with Gasteiger partial charge in [-0.2, -0.15) is 13.2 Å². The van der Waals surface area contributed by atoms with E-state index in [2.05, 4.69) is 5.32 Å². The zero-order valence-corrected chi connectivity index (χ0v) is 10.3. The molecule has 19 heavy (non-hydrogen) atoms. The smallest absolute Gasteiger partial charge is 0.390 e. The Morgan fingerprint density at radius 3 is 2.68 bits per heavy atom. The monoisotopic (exact) mass is 293 g/mol. The van der Waals surface area contributed by atoms with Crippen LogP contribution in [0.3, 0.4) is 0 Å². The summed E-state index contributed by atoms with van der Waals surface area (Å²) in [6.45, 7) is -0.512. The number of thiophene rings is 1. The Bertz CT molecular complexity index is 494. The maximum Gasteiger partial charge on any atom is 0.390 e. The number of nitrogens with one attached hydrogen (secondary N) is 1. The first kappa shape index (κ1) is 15.2. The van der Waals surface area contributed by atoms with E-state index in [1.807, 2.05) is 0 Å². The number of carbonyl (C=O) groups excluding carboxylic acids is 1.